The van der Waals surface area contributed by atoms with Crippen LogP contribution in [-0.4, -0.2) is 31.7 Å². The second-order valence-electron chi connectivity index (χ2n) is 5.25. The molecule has 0 saturated carbocycles. The second kappa shape index (κ2) is 8.54. The Hall–Kier alpha value is -2.78. The maximum absolute atomic E-state index is 13.3. The highest BCUT2D eigenvalue weighted by Crippen LogP contribution is 2.19. The molecule has 0 bridgehead atoms. The normalized spacial score (nSPS) is 12.0. The number of phenolic OH excluding ortho intramolecular Hbond substituents is 1. The van der Waals surface area contributed by atoms with E-state index in [1.165, 1.54) is 18.2 Å². The summed E-state index contributed by atoms with van der Waals surface area (Å²) in [5.41, 5.74) is 2.59. The van der Waals surface area contributed by atoms with Crippen molar-refractivity contribution in [3.05, 3.63) is 59.9 Å². The monoisotopic (exact) mass is 379 g/mol. The van der Waals surface area contributed by atoms with E-state index in [2.05, 4.69) is 15.2 Å². The van der Waals surface area contributed by atoms with E-state index in [9.17, 15) is 22.7 Å². The molecular weight excluding hydrogens is 361 g/mol. The molecule has 2 rings (SSSR count). The number of nitrogens with one attached hydrogen (secondary N) is 2. The minimum atomic E-state index is -3.81. The summed E-state index contributed by atoms with van der Waals surface area (Å²) in [6.45, 7) is 1.19. The fourth-order valence-electron chi connectivity index (χ4n) is 2.08. The number of hydrogen-bond acceptors (Lipinski definition) is 5. The van der Waals surface area contributed by atoms with Gasteiger partial charge in [0.15, 0.2) is 0 Å². The largest absolute Gasteiger partial charge is 0.507 e. The minimum Gasteiger partial charge on any atom is -0.507 e. The van der Waals surface area contributed by atoms with Gasteiger partial charge >= 0.3 is 0 Å². The minimum absolute atomic E-state index is 0.0373. The first-order valence-corrected chi connectivity index (χ1v) is 9.21. The molecule has 0 atom stereocenters. The first kappa shape index (κ1) is 19.5. The van der Waals surface area contributed by atoms with Crippen molar-refractivity contribution in [2.75, 3.05) is 6.54 Å². The molecule has 3 N–H and O–H groups in total. The van der Waals surface area contributed by atoms with Crippen molar-refractivity contribution in [3.8, 4) is 5.75 Å². The van der Waals surface area contributed by atoms with Crippen LogP contribution in [-0.2, 0) is 14.8 Å². The number of carbonyl (C=O) groups is 1. The van der Waals surface area contributed by atoms with Crippen LogP contribution in [0.4, 0.5) is 4.39 Å². The van der Waals surface area contributed by atoms with Gasteiger partial charge in [0, 0.05) is 5.56 Å². The predicted molar refractivity (Wildman–Crippen MR) is 94.7 cm³/mol. The van der Waals surface area contributed by atoms with Gasteiger partial charge in [0.2, 0.25) is 10.0 Å². The Morgan fingerprint density at radius 1 is 1.19 bits per heavy atom. The summed E-state index contributed by atoms with van der Waals surface area (Å²) in [4.78, 5) is 11.9. The van der Waals surface area contributed by atoms with Gasteiger partial charge in [-0.1, -0.05) is 25.1 Å². The van der Waals surface area contributed by atoms with Crippen molar-refractivity contribution in [3.63, 3.8) is 0 Å². The lowest BCUT2D eigenvalue weighted by Gasteiger charge is -2.08. The van der Waals surface area contributed by atoms with E-state index in [-0.39, 0.29) is 21.9 Å². The molecule has 0 aliphatic carbocycles. The third-order valence-electron chi connectivity index (χ3n) is 3.40. The molecule has 0 saturated heterocycles. The van der Waals surface area contributed by atoms with Crippen LogP contribution in [0.5, 0.6) is 5.75 Å². The van der Waals surface area contributed by atoms with Crippen molar-refractivity contribution in [1.82, 2.24) is 10.1 Å². The van der Waals surface area contributed by atoms with E-state index in [0.717, 1.165) is 12.1 Å². The molecule has 0 aliphatic rings. The standard InChI is InChI=1S/C17H18FN3O4S/c1-2-15(14-10-12(18)8-9-16(14)22)20-21-17(23)11-19-26(24,25)13-6-4-3-5-7-13/h3-10,19,22H,2,11H2,1H3,(H,21,23)/b20-15+. The molecule has 0 heterocycles. The highest BCUT2D eigenvalue weighted by molar-refractivity contribution is 7.89. The average Bonchev–Trinajstić information content (AvgIpc) is 2.64. The SMILES string of the molecule is CC/C(=N\NC(=O)CNS(=O)(=O)c1ccccc1)c1cc(F)ccc1O. The Bertz CT molecular complexity index is 915. The summed E-state index contributed by atoms with van der Waals surface area (Å²) in [5, 5.41) is 13.6. The molecule has 0 aliphatic heterocycles. The molecule has 7 nitrogen and oxygen atoms in total. The molecule has 0 unspecified atom stereocenters. The van der Waals surface area contributed by atoms with Crippen LogP contribution in [0.2, 0.25) is 0 Å². The average molecular weight is 379 g/mol. The van der Waals surface area contributed by atoms with Gasteiger partial charge in [-0.3, -0.25) is 4.79 Å². The number of benzene rings is 2. The quantitative estimate of drug-likeness (QED) is 0.503. The van der Waals surface area contributed by atoms with Gasteiger partial charge in [0.25, 0.3) is 5.91 Å². The first-order chi connectivity index (χ1) is 12.3. The summed E-state index contributed by atoms with van der Waals surface area (Å²) in [6, 6.07) is 11.0. The fourth-order valence-corrected chi connectivity index (χ4v) is 3.09. The van der Waals surface area contributed by atoms with Gasteiger partial charge in [-0.25, -0.2) is 23.0 Å². The van der Waals surface area contributed by atoms with Crippen molar-refractivity contribution < 1.29 is 22.7 Å². The predicted octanol–water partition coefficient (Wildman–Crippen LogP) is 1.74. The number of aromatic hydroxyl groups is 1. The molecule has 0 fully saturated rings. The van der Waals surface area contributed by atoms with Crippen LogP contribution >= 0.6 is 0 Å². The van der Waals surface area contributed by atoms with Crippen molar-refractivity contribution in [1.29, 1.82) is 0 Å². The van der Waals surface area contributed by atoms with Crippen LogP contribution in [0.1, 0.15) is 18.9 Å². The molecule has 0 radical (unpaired) electrons. The molecule has 0 aromatic heterocycles. The summed E-state index contributed by atoms with van der Waals surface area (Å²) in [6.07, 6.45) is 0.313. The van der Waals surface area contributed by atoms with E-state index in [0.29, 0.717) is 6.42 Å². The Labute approximate surface area is 150 Å². The third kappa shape index (κ3) is 5.11. The zero-order valence-corrected chi connectivity index (χ0v) is 14.8. The van der Waals surface area contributed by atoms with Crippen molar-refractivity contribution in [2.24, 2.45) is 5.10 Å². The molecule has 26 heavy (non-hydrogen) atoms. The van der Waals surface area contributed by atoms with Gasteiger partial charge in [-0.15, -0.1) is 0 Å². The topological polar surface area (TPSA) is 108 Å². The van der Waals surface area contributed by atoms with Crippen LogP contribution in [0.15, 0.2) is 58.5 Å². The van der Waals surface area contributed by atoms with E-state index in [1.807, 2.05) is 0 Å². The Balaban J connectivity index is 2.02. The van der Waals surface area contributed by atoms with Gasteiger partial charge in [0.1, 0.15) is 11.6 Å². The molecule has 2 aromatic rings. The number of carbonyl (C=O) groups excluding carboxylic acids is 1. The second-order valence-corrected chi connectivity index (χ2v) is 7.01. The fraction of sp³-hybridized carbons (Fsp3) is 0.176. The van der Waals surface area contributed by atoms with E-state index >= 15 is 0 Å². The Morgan fingerprint density at radius 3 is 2.54 bits per heavy atom. The highest BCUT2D eigenvalue weighted by atomic mass is 32.2. The zero-order valence-electron chi connectivity index (χ0n) is 13.9. The lowest BCUT2D eigenvalue weighted by atomic mass is 10.1. The Morgan fingerprint density at radius 2 is 1.88 bits per heavy atom. The Kier molecular flexibility index (Phi) is 6.42. The van der Waals surface area contributed by atoms with E-state index < -0.39 is 28.3 Å². The summed E-state index contributed by atoms with van der Waals surface area (Å²) in [5.74, 6) is -1.43. The lowest BCUT2D eigenvalue weighted by molar-refractivity contribution is -0.119. The van der Waals surface area contributed by atoms with Gasteiger partial charge in [-0.2, -0.15) is 5.10 Å². The van der Waals surface area contributed by atoms with Crippen LogP contribution < -0.4 is 10.1 Å². The molecular formula is C17H18FN3O4S. The number of sulfonamides is 1. The number of phenols is 1. The molecule has 0 spiro atoms. The number of halogens is 1. The first-order valence-electron chi connectivity index (χ1n) is 7.72. The zero-order chi connectivity index (χ0) is 19.2. The third-order valence-corrected chi connectivity index (χ3v) is 4.81. The number of rotatable bonds is 7. The van der Waals surface area contributed by atoms with Crippen LogP contribution in [0, 0.1) is 5.82 Å². The summed E-state index contributed by atoms with van der Waals surface area (Å²) >= 11 is 0. The summed E-state index contributed by atoms with van der Waals surface area (Å²) in [7, 11) is -3.81. The van der Waals surface area contributed by atoms with E-state index in [4.69, 9.17) is 0 Å². The van der Waals surface area contributed by atoms with Crippen LogP contribution in [0.3, 0.4) is 0 Å². The molecule has 138 valence electrons. The summed E-state index contributed by atoms with van der Waals surface area (Å²) < 4.78 is 39.6. The van der Waals surface area contributed by atoms with Gasteiger partial charge in [-0.05, 0) is 36.8 Å². The molecule has 1 amide bonds. The van der Waals surface area contributed by atoms with Crippen LogP contribution in [0.25, 0.3) is 0 Å². The number of amides is 1. The number of nitrogens with zero attached hydrogens (tertiary/aromatic N) is 1. The lowest BCUT2D eigenvalue weighted by Crippen LogP contribution is -2.35. The smallest absolute Gasteiger partial charge is 0.255 e. The number of hydrazone groups is 1. The molecule has 2 aromatic carbocycles. The van der Waals surface area contributed by atoms with Gasteiger partial charge < -0.3 is 5.11 Å². The molecule has 9 heteroatoms. The highest BCUT2D eigenvalue weighted by Gasteiger charge is 2.15. The maximum atomic E-state index is 13.3. The van der Waals surface area contributed by atoms with Crippen molar-refractivity contribution >= 4 is 21.6 Å². The number of hydrogen-bond donors (Lipinski definition) is 3. The van der Waals surface area contributed by atoms with Crippen molar-refractivity contribution in [2.45, 2.75) is 18.2 Å². The van der Waals surface area contributed by atoms with E-state index in [1.54, 1.807) is 25.1 Å². The van der Waals surface area contributed by atoms with Gasteiger partial charge in [0.05, 0.1) is 17.2 Å². The maximum Gasteiger partial charge on any atom is 0.255 e.